The minimum Gasteiger partial charge on any atom is -0.350 e. The molecule has 2 rings (SSSR count). The zero-order valence-corrected chi connectivity index (χ0v) is 13.5. The minimum atomic E-state index is 0.0833. The van der Waals surface area contributed by atoms with Gasteiger partial charge < -0.3 is 10.6 Å². The SMILES string of the molecule is CC(C)Cc1ccc(C(C)NC(=O)CC2CCNC2)cc1. The molecule has 2 atom stereocenters. The first kappa shape index (κ1) is 16.0. The van der Waals surface area contributed by atoms with Crippen LogP contribution < -0.4 is 10.6 Å². The largest absolute Gasteiger partial charge is 0.350 e. The highest BCUT2D eigenvalue weighted by atomic mass is 16.1. The van der Waals surface area contributed by atoms with Gasteiger partial charge in [-0.25, -0.2) is 0 Å². The van der Waals surface area contributed by atoms with E-state index in [9.17, 15) is 4.79 Å². The summed E-state index contributed by atoms with van der Waals surface area (Å²) in [6.07, 6.45) is 2.87. The third-order valence-corrected chi connectivity index (χ3v) is 4.14. The summed E-state index contributed by atoms with van der Waals surface area (Å²) >= 11 is 0. The average Bonchev–Trinajstić information content (AvgIpc) is 2.91. The molecule has 1 aliphatic heterocycles. The molecule has 0 radical (unpaired) electrons. The Morgan fingerprint density at radius 2 is 2.00 bits per heavy atom. The van der Waals surface area contributed by atoms with Crippen LogP contribution in [0.25, 0.3) is 0 Å². The van der Waals surface area contributed by atoms with E-state index in [4.69, 9.17) is 0 Å². The fourth-order valence-electron chi connectivity index (χ4n) is 2.95. The summed E-state index contributed by atoms with van der Waals surface area (Å²) in [6.45, 7) is 8.54. The van der Waals surface area contributed by atoms with E-state index in [0.717, 1.165) is 25.9 Å². The van der Waals surface area contributed by atoms with Gasteiger partial charge in [-0.3, -0.25) is 4.79 Å². The molecule has 1 fully saturated rings. The summed E-state index contributed by atoms with van der Waals surface area (Å²) in [5.41, 5.74) is 2.55. The third-order valence-electron chi connectivity index (χ3n) is 4.14. The van der Waals surface area contributed by atoms with Crippen LogP contribution in [0.1, 0.15) is 50.8 Å². The third kappa shape index (κ3) is 5.16. The topological polar surface area (TPSA) is 41.1 Å². The predicted octanol–water partition coefficient (Wildman–Crippen LogP) is 3.06. The van der Waals surface area contributed by atoms with E-state index in [1.54, 1.807) is 0 Å². The molecule has 1 heterocycles. The van der Waals surface area contributed by atoms with Gasteiger partial charge in [0.2, 0.25) is 5.91 Å². The quantitative estimate of drug-likeness (QED) is 0.844. The van der Waals surface area contributed by atoms with Crippen molar-refractivity contribution in [3.05, 3.63) is 35.4 Å². The second-order valence-corrected chi connectivity index (χ2v) is 6.69. The van der Waals surface area contributed by atoms with Gasteiger partial charge in [0.25, 0.3) is 0 Å². The van der Waals surface area contributed by atoms with Gasteiger partial charge in [-0.1, -0.05) is 38.1 Å². The van der Waals surface area contributed by atoms with Crippen LogP contribution in [0.15, 0.2) is 24.3 Å². The lowest BCUT2D eigenvalue weighted by molar-refractivity contribution is -0.122. The van der Waals surface area contributed by atoms with Crippen LogP contribution in [0.3, 0.4) is 0 Å². The van der Waals surface area contributed by atoms with E-state index in [1.807, 2.05) is 0 Å². The van der Waals surface area contributed by atoms with Crippen molar-refractivity contribution < 1.29 is 4.79 Å². The second-order valence-electron chi connectivity index (χ2n) is 6.69. The Balaban J connectivity index is 1.84. The van der Waals surface area contributed by atoms with Gasteiger partial charge in [-0.15, -0.1) is 0 Å². The monoisotopic (exact) mass is 288 g/mol. The standard InChI is InChI=1S/C18H28N2O/c1-13(2)10-15-4-6-17(7-5-15)14(3)20-18(21)11-16-8-9-19-12-16/h4-7,13-14,16,19H,8-12H2,1-3H3,(H,20,21). The van der Waals surface area contributed by atoms with E-state index in [0.29, 0.717) is 18.3 Å². The van der Waals surface area contributed by atoms with Gasteiger partial charge in [0.05, 0.1) is 6.04 Å². The molecule has 2 N–H and O–H groups in total. The zero-order chi connectivity index (χ0) is 15.2. The Labute approximate surface area is 128 Å². The number of carbonyl (C=O) groups excluding carboxylic acids is 1. The van der Waals surface area contributed by atoms with Crippen molar-refractivity contribution in [2.45, 2.75) is 46.1 Å². The van der Waals surface area contributed by atoms with E-state index in [2.05, 4.69) is 55.7 Å². The van der Waals surface area contributed by atoms with Crippen LogP contribution in [0.2, 0.25) is 0 Å². The van der Waals surface area contributed by atoms with E-state index >= 15 is 0 Å². The van der Waals surface area contributed by atoms with Crippen molar-refractivity contribution in [3.63, 3.8) is 0 Å². The van der Waals surface area contributed by atoms with Crippen LogP contribution in [0, 0.1) is 11.8 Å². The summed E-state index contributed by atoms with van der Waals surface area (Å²) in [4.78, 5) is 12.1. The molecule has 0 aliphatic carbocycles. The predicted molar refractivity (Wildman–Crippen MR) is 87.1 cm³/mol. The van der Waals surface area contributed by atoms with E-state index in [-0.39, 0.29) is 11.9 Å². The highest BCUT2D eigenvalue weighted by Crippen LogP contribution is 2.17. The highest BCUT2D eigenvalue weighted by Gasteiger charge is 2.19. The number of hydrogen-bond acceptors (Lipinski definition) is 2. The lowest BCUT2D eigenvalue weighted by Gasteiger charge is -2.16. The maximum Gasteiger partial charge on any atom is 0.220 e. The molecular weight excluding hydrogens is 260 g/mol. The maximum absolute atomic E-state index is 12.1. The molecule has 3 nitrogen and oxygen atoms in total. The van der Waals surface area contributed by atoms with E-state index in [1.165, 1.54) is 11.1 Å². The molecule has 0 spiro atoms. The Morgan fingerprint density at radius 1 is 1.29 bits per heavy atom. The number of rotatable bonds is 6. The average molecular weight is 288 g/mol. The number of benzene rings is 1. The molecule has 2 unspecified atom stereocenters. The molecule has 3 heteroatoms. The molecular formula is C18H28N2O. The molecule has 0 aromatic heterocycles. The molecule has 21 heavy (non-hydrogen) atoms. The maximum atomic E-state index is 12.1. The van der Waals surface area contributed by atoms with E-state index < -0.39 is 0 Å². The highest BCUT2D eigenvalue weighted by molar-refractivity contribution is 5.76. The molecule has 116 valence electrons. The molecule has 1 aliphatic rings. The van der Waals surface area contributed by atoms with Crippen LogP contribution in [0.5, 0.6) is 0 Å². The van der Waals surface area contributed by atoms with Crippen molar-refractivity contribution in [2.24, 2.45) is 11.8 Å². The van der Waals surface area contributed by atoms with Gasteiger partial charge >= 0.3 is 0 Å². The Morgan fingerprint density at radius 3 is 2.57 bits per heavy atom. The number of amides is 1. The first-order valence-corrected chi connectivity index (χ1v) is 8.13. The first-order valence-electron chi connectivity index (χ1n) is 8.13. The molecule has 1 amide bonds. The summed E-state index contributed by atoms with van der Waals surface area (Å²) in [6, 6.07) is 8.72. The second kappa shape index (κ2) is 7.60. The summed E-state index contributed by atoms with van der Waals surface area (Å²) in [7, 11) is 0. The zero-order valence-electron chi connectivity index (χ0n) is 13.5. The number of nitrogens with one attached hydrogen (secondary N) is 2. The fraction of sp³-hybridized carbons (Fsp3) is 0.611. The van der Waals surface area contributed by atoms with Gasteiger partial charge in [0.15, 0.2) is 0 Å². The molecule has 0 saturated carbocycles. The lowest BCUT2D eigenvalue weighted by atomic mass is 9.99. The van der Waals surface area contributed by atoms with Crippen LogP contribution in [-0.4, -0.2) is 19.0 Å². The Kier molecular flexibility index (Phi) is 5.80. The normalized spacial score (nSPS) is 19.7. The molecule has 0 bridgehead atoms. The molecule has 1 aromatic carbocycles. The van der Waals surface area contributed by atoms with Crippen LogP contribution >= 0.6 is 0 Å². The van der Waals surface area contributed by atoms with Gasteiger partial charge in [-0.05, 0) is 55.8 Å². The van der Waals surface area contributed by atoms with Gasteiger partial charge in [0.1, 0.15) is 0 Å². The first-order chi connectivity index (χ1) is 10.0. The van der Waals surface area contributed by atoms with Crippen molar-refractivity contribution >= 4 is 5.91 Å². The van der Waals surface area contributed by atoms with Crippen molar-refractivity contribution in [1.82, 2.24) is 10.6 Å². The van der Waals surface area contributed by atoms with Crippen molar-refractivity contribution in [3.8, 4) is 0 Å². The van der Waals surface area contributed by atoms with Crippen LogP contribution in [-0.2, 0) is 11.2 Å². The minimum absolute atomic E-state index is 0.0833. The summed E-state index contributed by atoms with van der Waals surface area (Å²) in [5.74, 6) is 1.35. The van der Waals surface area contributed by atoms with Gasteiger partial charge in [0, 0.05) is 6.42 Å². The smallest absolute Gasteiger partial charge is 0.220 e. The summed E-state index contributed by atoms with van der Waals surface area (Å²) < 4.78 is 0. The van der Waals surface area contributed by atoms with Crippen molar-refractivity contribution in [1.29, 1.82) is 0 Å². The van der Waals surface area contributed by atoms with Crippen molar-refractivity contribution in [2.75, 3.05) is 13.1 Å². The fourth-order valence-corrected chi connectivity index (χ4v) is 2.95. The molecule has 1 saturated heterocycles. The molecule has 1 aromatic rings. The summed E-state index contributed by atoms with van der Waals surface area (Å²) in [5, 5.41) is 6.42. The number of hydrogen-bond donors (Lipinski definition) is 2. The lowest BCUT2D eigenvalue weighted by Crippen LogP contribution is -2.28. The van der Waals surface area contributed by atoms with Gasteiger partial charge in [-0.2, -0.15) is 0 Å². The number of carbonyl (C=O) groups is 1. The Bertz CT molecular complexity index is 447. The van der Waals surface area contributed by atoms with Crippen LogP contribution in [0.4, 0.5) is 0 Å². The Hall–Kier alpha value is -1.35.